The van der Waals surface area contributed by atoms with E-state index in [4.69, 9.17) is 20.9 Å². The van der Waals surface area contributed by atoms with Gasteiger partial charge in [-0.05, 0) is 63.2 Å². The van der Waals surface area contributed by atoms with Crippen molar-refractivity contribution in [2.45, 2.75) is 45.8 Å². The van der Waals surface area contributed by atoms with Crippen molar-refractivity contribution in [3.8, 4) is 10.4 Å². The molecule has 1 aromatic heterocycles. The number of hydrogen-bond acceptors (Lipinski definition) is 3. The molecule has 0 bridgehead atoms. The van der Waals surface area contributed by atoms with Gasteiger partial charge in [-0.25, -0.2) is 0 Å². The Morgan fingerprint density at radius 2 is 1.68 bits per heavy atom. The molecule has 0 saturated carbocycles. The van der Waals surface area contributed by atoms with Gasteiger partial charge < -0.3 is 9.31 Å². The van der Waals surface area contributed by atoms with E-state index in [1.807, 2.05) is 13.0 Å². The van der Waals surface area contributed by atoms with Crippen molar-refractivity contribution < 1.29 is 9.31 Å². The molecule has 5 heteroatoms. The first-order valence-corrected chi connectivity index (χ1v) is 8.66. The first-order chi connectivity index (χ1) is 10.2. The minimum absolute atomic E-state index is 0.318. The second-order valence-electron chi connectivity index (χ2n) is 6.82. The number of thiophene rings is 1. The van der Waals surface area contributed by atoms with Gasteiger partial charge in [-0.1, -0.05) is 23.7 Å². The van der Waals surface area contributed by atoms with Crippen LogP contribution in [-0.4, -0.2) is 18.3 Å². The lowest BCUT2D eigenvalue weighted by atomic mass is 9.81. The molecule has 22 heavy (non-hydrogen) atoms. The molecule has 1 aliphatic rings. The summed E-state index contributed by atoms with van der Waals surface area (Å²) in [6.45, 7) is 10.3. The largest absolute Gasteiger partial charge is 0.495 e. The minimum Gasteiger partial charge on any atom is -0.399 e. The standard InChI is InChI=1S/C17H20BClO2S/c1-11-6-7-13(14(19)8-11)15-9-12(10-22-15)18-20-16(2,3)17(4,5)21-18/h6-10H,1-5H3. The molecule has 0 amide bonds. The Morgan fingerprint density at radius 3 is 2.27 bits per heavy atom. The average Bonchev–Trinajstić information content (AvgIpc) is 2.93. The van der Waals surface area contributed by atoms with Gasteiger partial charge in [0.25, 0.3) is 0 Å². The molecule has 0 spiro atoms. The summed E-state index contributed by atoms with van der Waals surface area (Å²) in [5.74, 6) is 0. The Hall–Kier alpha value is -0.805. The topological polar surface area (TPSA) is 18.5 Å². The highest BCUT2D eigenvalue weighted by Crippen LogP contribution is 2.38. The van der Waals surface area contributed by atoms with Gasteiger partial charge in [0.2, 0.25) is 0 Å². The fourth-order valence-electron chi connectivity index (χ4n) is 2.41. The van der Waals surface area contributed by atoms with Crippen molar-refractivity contribution in [2.24, 2.45) is 0 Å². The molecular weight excluding hydrogens is 315 g/mol. The SMILES string of the molecule is Cc1ccc(-c2cc(B3OC(C)(C)C(C)(C)O3)cs2)c(Cl)c1. The lowest BCUT2D eigenvalue weighted by Crippen LogP contribution is -2.41. The summed E-state index contributed by atoms with van der Waals surface area (Å²) >= 11 is 8.03. The second-order valence-corrected chi connectivity index (χ2v) is 8.13. The van der Waals surface area contributed by atoms with Gasteiger partial charge >= 0.3 is 7.12 Å². The van der Waals surface area contributed by atoms with E-state index in [-0.39, 0.29) is 18.3 Å². The third-order valence-electron chi connectivity index (χ3n) is 4.54. The summed E-state index contributed by atoms with van der Waals surface area (Å²) in [5, 5.41) is 2.87. The molecule has 0 aliphatic carbocycles. The quantitative estimate of drug-likeness (QED) is 0.743. The van der Waals surface area contributed by atoms with E-state index >= 15 is 0 Å². The van der Waals surface area contributed by atoms with Crippen LogP contribution in [0, 0.1) is 6.92 Å². The van der Waals surface area contributed by atoms with Gasteiger partial charge in [0.1, 0.15) is 0 Å². The Morgan fingerprint density at radius 1 is 1.05 bits per heavy atom. The van der Waals surface area contributed by atoms with Gasteiger partial charge in [-0.2, -0.15) is 0 Å². The summed E-state index contributed by atoms with van der Waals surface area (Å²) in [5.41, 5.74) is 2.63. The van der Waals surface area contributed by atoms with E-state index in [0.717, 1.165) is 26.5 Å². The van der Waals surface area contributed by atoms with Crippen LogP contribution in [0.3, 0.4) is 0 Å². The first kappa shape index (κ1) is 16.1. The molecule has 1 fully saturated rings. The van der Waals surface area contributed by atoms with E-state index in [1.54, 1.807) is 11.3 Å². The van der Waals surface area contributed by atoms with Crippen LogP contribution in [0.2, 0.25) is 5.02 Å². The molecule has 3 rings (SSSR count). The molecule has 0 radical (unpaired) electrons. The number of aryl methyl sites for hydroxylation is 1. The molecule has 1 saturated heterocycles. The molecule has 2 heterocycles. The van der Waals surface area contributed by atoms with Gasteiger partial charge in [0, 0.05) is 15.5 Å². The predicted octanol–water partition coefficient (Wildman–Crippen LogP) is 4.68. The van der Waals surface area contributed by atoms with E-state index < -0.39 is 0 Å². The van der Waals surface area contributed by atoms with E-state index in [9.17, 15) is 0 Å². The zero-order valence-electron chi connectivity index (χ0n) is 13.6. The molecule has 2 nitrogen and oxygen atoms in total. The predicted molar refractivity (Wildman–Crippen MR) is 95.2 cm³/mol. The lowest BCUT2D eigenvalue weighted by Gasteiger charge is -2.32. The zero-order chi connectivity index (χ0) is 16.1. The third kappa shape index (κ3) is 2.74. The Kier molecular flexibility index (Phi) is 3.93. The van der Waals surface area contributed by atoms with Crippen LogP contribution < -0.4 is 5.46 Å². The maximum absolute atomic E-state index is 6.37. The Labute approximate surface area is 141 Å². The summed E-state index contributed by atoms with van der Waals surface area (Å²) in [4.78, 5) is 1.13. The van der Waals surface area contributed by atoms with E-state index in [1.165, 1.54) is 0 Å². The monoisotopic (exact) mass is 334 g/mol. The number of rotatable bonds is 2. The maximum Gasteiger partial charge on any atom is 0.495 e. The Balaban J connectivity index is 1.89. The van der Waals surface area contributed by atoms with Gasteiger partial charge in [0.15, 0.2) is 0 Å². The van der Waals surface area contributed by atoms with Gasteiger partial charge in [0.05, 0.1) is 11.2 Å². The van der Waals surface area contributed by atoms with Crippen molar-refractivity contribution in [3.63, 3.8) is 0 Å². The van der Waals surface area contributed by atoms with E-state index in [0.29, 0.717) is 0 Å². The number of benzene rings is 1. The molecule has 0 N–H and O–H groups in total. The summed E-state index contributed by atoms with van der Waals surface area (Å²) in [7, 11) is -0.320. The third-order valence-corrected chi connectivity index (χ3v) is 5.83. The minimum atomic E-state index is -0.320. The molecule has 116 valence electrons. The number of halogens is 1. The molecular formula is C17H20BClO2S. The van der Waals surface area contributed by atoms with Crippen LogP contribution in [0.5, 0.6) is 0 Å². The molecule has 1 aliphatic heterocycles. The molecule has 0 unspecified atom stereocenters. The van der Waals surface area contributed by atoms with Crippen LogP contribution in [-0.2, 0) is 9.31 Å². The smallest absolute Gasteiger partial charge is 0.399 e. The van der Waals surface area contributed by atoms with Gasteiger partial charge in [-0.15, -0.1) is 11.3 Å². The van der Waals surface area contributed by atoms with Crippen molar-refractivity contribution in [1.29, 1.82) is 0 Å². The highest BCUT2D eigenvalue weighted by Gasteiger charge is 2.51. The van der Waals surface area contributed by atoms with E-state index in [2.05, 4.69) is 51.3 Å². The summed E-state index contributed by atoms with van der Waals surface area (Å²) in [6.07, 6.45) is 0. The van der Waals surface area contributed by atoms with Crippen molar-refractivity contribution in [2.75, 3.05) is 0 Å². The highest BCUT2D eigenvalue weighted by molar-refractivity contribution is 7.14. The summed E-state index contributed by atoms with van der Waals surface area (Å²) < 4.78 is 12.2. The summed E-state index contributed by atoms with van der Waals surface area (Å²) in [6, 6.07) is 8.25. The van der Waals surface area contributed by atoms with Crippen LogP contribution in [0.4, 0.5) is 0 Å². The normalized spacial score (nSPS) is 19.6. The van der Waals surface area contributed by atoms with Crippen molar-refractivity contribution >= 4 is 35.5 Å². The maximum atomic E-state index is 6.37. The van der Waals surface area contributed by atoms with Crippen molar-refractivity contribution in [1.82, 2.24) is 0 Å². The molecule has 2 aromatic rings. The molecule has 1 aromatic carbocycles. The zero-order valence-corrected chi connectivity index (χ0v) is 15.1. The first-order valence-electron chi connectivity index (χ1n) is 7.40. The fraction of sp³-hybridized carbons (Fsp3) is 0.412. The lowest BCUT2D eigenvalue weighted by molar-refractivity contribution is 0.00578. The van der Waals surface area contributed by atoms with Crippen LogP contribution >= 0.6 is 22.9 Å². The fourth-order valence-corrected chi connectivity index (χ4v) is 3.76. The number of hydrogen-bond donors (Lipinski definition) is 0. The average molecular weight is 335 g/mol. The Bertz CT molecular complexity index is 692. The van der Waals surface area contributed by atoms with Crippen molar-refractivity contribution in [3.05, 3.63) is 40.2 Å². The highest BCUT2D eigenvalue weighted by atomic mass is 35.5. The van der Waals surface area contributed by atoms with Gasteiger partial charge in [-0.3, -0.25) is 0 Å². The van der Waals surface area contributed by atoms with Crippen LogP contribution in [0.15, 0.2) is 29.6 Å². The van der Waals surface area contributed by atoms with Crippen LogP contribution in [0.25, 0.3) is 10.4 Å². The second kappa shape index (κ2) is 5.38. The van der Waals surface area contributed by atoms with Crippen LogP contribution in [0.1, 0.15) is 33.3 Å². The molecule has 0 atom stereocenters.